The summed E-state index contributed by atoms with van der Waals surface area (Å²) in [6.07, 6.45) is 1.71. The second kappa shape index (κ2) is 3.85. The molecule has 5 heteroatoms. The minimum Gasteiger partial charge on any atom is -0.435 e. The lowest BCUT2D eigenvalue weighted by Crippen LogP contribution is -1.82. The van der Waals surface area contributed by atoms with Gasteiger partial charge in [-0.05, 0) is 40.2 Å². The van der Waals surface area contributed by atoms with Crippen LogP contribution >= 0.6 is 15.9 Å². The van der Waals surface area contributed by atoms with Gasteiger partial charge in [-0.15, -0.1) is 0 Å². The number of nitrogens with zero attached hydrogens (tertiary/aromatic N) is 2. The number of hydrogen-bond acceptors (Lipinski definition) is 4. The minimum atomic E-state index is 0.498. The fourth-order valence-electron chi connectivity index (χ4n) is 1.55. The highest BCUT2D eigenvalue weighted by Gasteiger charge is 2.09. The largest absolute Gasteiger partial charge is 0.435 e. The molecule has 0 aliphatic heterocycles. The predicted octanol–water partition coefficient (Wildman–Crippen LogP) is 3.23. The Hall–Kier alpha value is -1.88. The Balaban J connectivity index is 2.14. The van der Waals surface area contributed by atoms with Crippen molar-refractivity contribution in [3.05, 3.63) is 41.0 Å². The smallest absolute Gasteiger partial charge is 0.246 e. The summed E-state index contributed by atoms with van der Waals surface area (Å²) in [6.45, 7) is 0. The number of hydrogen-bond donors (Lipinski definition) is 1. The van der Waals surface area contributed by atoms with Crippen LogP contribution in [0.25, 0.3) is 22.7 Å². The predicted molar refractivity (Wildman–Crippen MR) is 69.4 cm³/mol. The summed E-state index contributed by atoms with van der Waals surface area (Å²) in [5.74, 6) is 0.498. The molecule has 0 saturated carbocycles. The Morgan fingerprint density at radius 1 is 1.18 bits per heavy atom. The van der Waals surface area contributed by atoms with Crippen LogP contribution in [0.15, 0.2) is 45.4 Å². The van der Waals surface area contributed by atoms with Crippen molar-refractivity contribution >= 4 is 32.7 Å². The van der Waals surface area contributed by atoms with E-state index in [2.05, 4.69) is 25.9 Å². The van der Waals surface area contributed by atoms with Gasteiger partial charge in [0.2, 0.25) is 5.89 Å². The lowest BCUT2D eigenvalue weighted by molar-refractivity contribution is 0.617. The number of anilines is 1. The zero-order valence-electron chi connectivity index (χ0n) is 8.72. The van der Waals surface area contributed by atoms with Crippen LogP contribution in [0.3, 0.4) is 0 Å². The molecule has 0 aliphatic carbocycles. The third-order valence-corrected chi connectivity index (χ3v) is 2.83. The van der Waals surface area contributed by atoms with E-state index in [1.54, 1.807) is 18.3 Å². The van der Waals surface area contributed by atoms with Gasteiger partial charge in [-0.3, -0.25) is 4.98 Å². The Bertz CT molecular complexity index is 676. The number of nitrogen functional groups attached to an aromatic ring is 1. The van der Waals surface area contributed by atoms with Gasteiger partial charge in [0, 0.05) is 22.4 Å². The van der Waals surface area contributed by atoms with Crippen molar-refractivity contribution in [2.75, 3.05) is 5.73 Å². The lowest BCUT2D eigenvalue weighted by atomic mass is 10.3. The van der Waals surface area contributed by atoms with Gasteiger partial charge < -0.3 is 10.2 Å². The van der Waals surface area contributed by atoms with E-state index in [9.17, 15) is 0 Å². The number of fused-ring (bicyclic) bond motifs is 1. The van der Waals surface area contributed by atoms with Gasteiger partial charge >= 0.3 is 0 Å². The summed E-state index contributed by atoms with van der Waals surface area (Å²) >= 11 is 3.33. The van der Waals surface area contributed by atoms with Crippen LogP contribution in [0.4, 0.5) is 5.69 Å². The van der Waals surface area contributed by atoms with Crippen LogP contribution in [0, 0.1) is 0 Å². The number of pyridine rings is 1. The molecular formula is C12H8BrN3O. The minimum absolute atomic E-state index is 0.498. The number of nitrogens with two attached hydrogens (primary N) is 1. The van der Waals surface area contributed by atoms with E-state index in [0.29, 0.717) is 22.9 Å². The first-order valence-electron chi connectivity index (χ1n) is 5.00. The first kappa shape index (κ1) is 10.3. The van der Waals surface area contributed by atoms with Crippen molar-refractivity contribution in [3.8, 4) is 11.6 Å². The van der Waals surface area contributed by atoms with Crippen molar-refractivity contribution < 1.29 is 4.42 Å². The maximum Gasteiger partial charge on any atom is 0.246 e. The van der Waals surface area contributed by atoms with Crippen LogP contribution in [-0.2, 0) is 0 Å². The molecule has 17 heavy (non-hydrogen) atoms. The second-order valence-electron chi connectivity index (χ2n) is 3.61. The molecule has 2 heterocycles. The van der Waals surface area contributed by atoms with Crippen molar-refractivity contribution in [2.45, 2.75) is 0 Å². The molecule has 0 unspecified atom stereocenters. The highest BCUT2D eigenvalue weighted by molar-refractivity contribution is 9.10. The fraction of sp³-hybridized carbons (Fsp3) is 0. The molecule has 3 rings (SSSR count). The van der Waals surface area contributed by atoms with Crippen molar-refractivity contribution in [2.24, 2.45) is 0 Å². The summed E-state index contributed by atoms with van der Waals surface area (Å²) < 4.78 is 6.52. The standard InChI is InChI=1S/C12H8BrN3O/c13-7-1-3-10(15-6-7)12-16-9-4-2-8(14)5-11(9)17-12/h1-6H,14H2. The zero-order chi connectivity index (χ0) is 11.8. The first-order valence-corrected chi connectivity index (χ1v) is 5.80. The normalized spacial score (nSPS) is 10.9. The molecule has 0 spiro atoms. The second-order valence-corrected chi connectivity index (χ2v) is 4.52. The van der Waals surface area contributed by atoms with Gasteiger partial charge in [0.25, 0.3) is 0 Å². The molecule has 0 atom stereocenters. The van der Waals surface area contributed by atoms with Crippen molar-refractivity contribution in [3.63, 3.8) is 0 Å². The Morgan fingerprint density at radius 3 is 2.82 bits per heavy atom. The summed E-state index contributed by atoms with van der Waals surface area (Å²) in [5, 5.41) is 0. The zero-order valence-corrected chi connectivity index (χ0v) is 10.3. The molecule has 2 aromatic heterocycles. The molecule has 3 aromatic rings. The molecule has 2 N–H and O–H groups in total. The molecule has 0 saturated heterocycles. The maximum atomic E-state index is 5.68. The topological polar surface area (TPSA) is 64.9 Å². The fourth-order valence-corrected chi connectivity index (χ4v) is 1.79. The number of aromatic nitrogens is 2. The quantitative estimate of drug-likeness (QED) is 0.699. The van der Waals surface area contributed by atoms with Gasteiger partial charge in [-0.25, -0.2) is 4.98 Å². The van der Waals surface area contributed by atoms with E-state index in [0.717, 1.165) is 9.99 Å². The average Bonchev–Trinajstić information content (AvgIpc) is 2.72. The highest BCUT2D eigenvalue weighted by atomic mass is 79.9. The molecule has 0 radical (unpaired) electrons. The van der Waals surface area contributed by atoms with E-state index in [1.165, 1.54) is 0 Å². The maximum absolute atomic E-state index is 5.68. The van der Waals surface area contributed by atoms with Crippen LogP contribution in [-0.4, -0.2) is 9.97 Å². The molecule has 4 nitrogen and oxygen atoms in total. The summed E-state index contributed by atoms with van der Waals surface area (Å²) in [6, 6.07) is 9.12. The first-order chi connectivity index (χ1) is 8.22. The Kier molecular flexibility index (Phi) is 2.33. The molecule has 0 fully saturated rings. The number of benzene rings is 1. The third kappa shape index (κ3) is 1.89. The van der Waals surface area contributed by atoms with Crippen LogP contribution in [0.5, 0.6) is 0 Å². The Morgan fingerprint density at radius 2 is 2.06 bits per heavy atom. The SMILES string of the molecule is Nc1ccc2nc(-c3ccc(Br)cn3)oc2c1. The highest BCUT2D eigenvalue weighted by Crippen LogP contribution is 2.24. The van der Waals surface area contributed by atoms with E-state index >= 15 is 0 Å². The molecule has 0 aliphatic rings. The van der Waals surface area contributed by atoms with Gasteiger partial charge in [-0.1, -0.05) is 0 Å². The molecule has 0 bridgehead atoms. The number of rotatable bonds is 1. The number of oxazole rings is 1. The third-order valence-electron chi connectivity index (χ3n) is 2.36. The monoisotopic (exact) mass is 289 g/mol. The van der Waals surface area contributed by atoms with Crippen LogP contribution < -0.4 is 5.73 Å². The Labute approximate surface area is 106 Å². The average molecular weight is 290 g/mol. The van der Waals surface area contributed by atoms with E-state index in [1.807, 2.05) is 18.2 Å². The summed E-state index contributed by atoms with van der Waals surface area (Å²) in [7, 11) is 0. The van der Waals surface area contributed by atoms with Gasteiger partial charge in [0.05, 0.1) is 0 Å². The van der Waals surface area contributed by atoms with Gasteiger partial charge in [0.15, 0.2) is 5.58 Å². The van der Waals surface area contributed by atoms with Crippen LogP contribution in [0.2, 0.25) is 0 Å². The van der Waals surface area contributed by atoms with E-state index < -0.39 is 0 Å². The lowest BCUT2D eigenvalue weighted by Gasteiger charge is -1.93. The van der Waals surface area contributed by atoms with Gasteiger partial charge in [0.1, 0.15) is 11.2 Å². The molecule has 1 aromatic carbocycles. The van der Waals surface area contributed by atoms with Crippen molar-refractivity contribution in [1.29, 1.82) is 0 Å². The van der Waals surface area contributed by atoms with E-state index in [-0.39, 0.29) is 0 Å². The van der Waals surface area contributed by atoms with E-state index in [4.69, 9.17) is 10.2 Å². The van der Waals surface area contributed by atoms with Gasteiger partial charge in [-0.2, -0.15) is 0 Å². The summed E-state index contributed by atoms with van der Waals surface area (Å²) in [5.41, 5.74) is 8.48. The molecule has 84 valence electrons. The molecule has 0 amide bonds. The summed E-state index contributed by atoms with van der Waals surface area (Å²) in [4.78, 5) is 8.59. The molecular weight excluding hydrogens is 282 g/mol. The van der Waals surface area contributed by atoms with Crippen molar-refractivity contribution in [1.82, 2.24) is 9.97 Å². The number of halogens is 1. The van der Waals surface area contributed by atoms with Crippen LogP contribution in [0.1, 0.15) is 0 Å².